The first-order chi connectivity index (χ1) is 17.5. The van der Waals surface area contributed by atoms with E-state index in [1.54, 1.807) is 0 Å². The van der Waals surface area contributed by atoms with Crippen LogP contribution in [0.15, 0.2) is 48.9 Å². The van der Waals surface area contributed by atoms with Gasteiger partial charge in [0.25, 0.3) is 5.91 Å². The van der Waals surface area contributed by atoms with Gasteiger partial charge in [0, 0.05) is 23.5 Å². The minimum absolute atomic E-state index is 0.00814. The molecule has 1 aromatic carbocycles. The van der Waals surface area contributed by atoms with Crippen molar-refractivity contribution in [1.29, 1.82) is 0 Å². The number of carbonyl (C=O) groups is 1. The molecule has 5 rings (SSSR count). The summed E-state index contributed by atoms with van der Waals surface area (Å²) in [4.78, 5) is 23.3. The highest BCUT2D eigenvalue weighted by Crippen LogP contribution is 2.42. The smallest absolute Gasteiger partial charge is 0.421 e. The summed E-state index contributed by atoms with van der Waals surface area (Å²) in [7, 11) is 0. The number of aromatic nitrogens is 3. The number of H-pyrrole nitrogens is 1. The largest absolute Gasteiger partial charge is 0.438 e. The number of halogens is 4. The molecule has 9 nitrogen and oxygen atoms in total. The summed E-state index contributed by atoms with van der Waals surface area (Å²) in [6.45, 7) is 1.05. The molecule has 0 spiro atoms. The molecule has 3 aromatic heterocycles. The number of ether oxygens (including phenoxy) is 1. The lowest BCUT2D eigenvalue weighted by Gasteiger charge is -2.34. The molecule has 1 aliphatic rings. The second-order valence-electron chi connectivity index (χ2n) is 8.63. The Kier molecular flexibility index (Phi) is 5.97. The average molecular weight is 534 g/mol. The Morgan fingerprint density at radius 3 is 2.70 bits per heavy atom. The van der Waals surface area contributed by atoms with Crippen molar-refractivity contribution in [1.82, 2.24) is 15.0 Å². The minimum Gasteiger partial charge on any atom is -0.438 e. The number of anilines is 2. The first-order valence-corrected chi connectivity index (χ1v) is 11.3. The van der Waals surface area contributed by atoms with Gasteiger partial charge in [-0.25, -0.2) is 9.97 Å². The van der Waals surface area contributed by atoms with Gasteiger partial charge in [-0.15, -0.1) is 0 Å². The number of benzene rings is 1. The quantitative estimate of drug-likeness (QED) is 0.253. The lowest BCUT2D eigenvalue weighted by atomic mass is 9.95. The van der Waals surface area contributed by atoms with Crippen LogP contribution in [0.4, 0.5) is 24.5 Å². The molecule has 4 heterocycles. The fourth-order valence-corrected chi connectivity index (χ4v) is 4.30. The molecule has 2 unspecified atom stereocenters. The third kappa shape index (κ3) is 4.32. The van der Waals surface area contributed by atoms with Crippen LogP contribution in [0.5, 0.6) is 11.6 Å². The SMILES string of the molecule is CC1(CO)Nc2c(cnc3[nH]cc(C(O)c4ccc(Oc5ncccc5C(F)(F)F)cc4Cl)c23)NC1=O. The third-order valence-corrected chi connectivity index (χ3v) is 6.38. The monoisotopic (exact) mass is 533 g/mol. The zero-order valence-electron chi connectivity index (χ0n) is 19.0. The van der Waals surface area contributed by atoms with Gasteiger partial charge in [0.1, 0.15) is 28.6 Å². The Morgan fingerprint density at radius 2 is 2.00 bits per heavy atom. The summed E-state index contributed by atoms with van der Waals surface area (Å²) < 4.78 is 45.1. The van der Waals surface area contributed by atoms with Crippen molar-refractivity contribution in [2.45, 2.75) is 24.7 Å². The van der Waals surface area contributed by atoms with Crippen LogP contribution in [-0.2, 0) is 11.0 Å². The fourth-order valence-electron chi connectivity index (χ4n) is 4.02. The molecule has 5 N–H and O–H groups in total. The van der Waals surface area contributed by atoms with E-state index in [-0.39, 0.29) is 16.3 Å². The maximum Gasteiger partial charge on any atom is 0.421 e. The number of amides is 1. The highest BCUT2D eigenvalue weighted by atomic mass is 35.5. The number of nitrogens with one attached hydrogen (secondary N) is 3. The van der Waals surface area contributed by atoms with Gasteiger partial charge in [-0.2, -0.15) is 13.2 Å². The molecule has 0 fully saturated rings. The molecule has 37 heavy (non-hydrogen) atoms. The molecule has 4 aromatic rings. The van der Waals surface area contributed by atoms with E-state index >= 15 is 0 Å². The van der Waals surface area contributed by atoms with Crippen molar-refractivity contribution < 1.29 is 32.9 Å². The Labute approximate surface area is 212 Å². The highest BCUT2D eigenvalue weighted by molar-refractivity contribution is 6.31. The van der Waals surface area contributed by atoms with E-state index in [0.29, 0.717) is 28.0 Å². The molecule has 1 aliphatic heterocycles. The number of aromatic amines is 1. The predicted molar refractivity (Wildman–Crippen MR) is 129 cm³/mol. The van der Waals surface area contributed by atoms with E-state index in [0.717, 1.165) is 12.1 Å². The van der Waals surface area contributed by atoms with Gasteiger partial charge >= 0.3 is 6.18 Å². The third-order valence-electron chi connectivity index (χ3n) is 6.05. The van der Waals surface area contributed by atoms with Crippen LogP contribution in [0.2, 0.25) is 5.02 Å². The number of aliphatic hydroxyl groups excluding tert-OH is 2. The number of alkyl halides is 3. The summed E-state index contributed by atoms with van der Waals surface area (Å²) in [5.74, 6) is -1.08. The molecular weight excluding hydrogens is 515 g/mol. The van der Waals surface area contributed by atoms with E-state index in [4.69, 9.17) is 16.3 Å². The fraction of sp³-hybridized carbons (Fsp3) is 0.208. The van der Waals surface area contributed by atoms with Crippen molar-refractivity contribution >= 4 is 39.9 Å². The molecule has 0 saturated carbocycles. The van der Waals surface area contributed by atoms with Crippen LogP contribution in [-0.4, -0.2) is 43.2 Å². The maximum absolute atomic E-state index is 13.3. The number of pyridine rings is 2. The topological polar surface area (TPSA) is 132 Å². The van der Waals surface area contributed by atoms with Crippen LogP contribution in [0.3, 0.4) is 0 Å². The molecule has 0 aliphatic carbocycles. The van der Waals surface area contributed by atoms with Crippen LogP contribution >= 0.6 is 11.6 Å². The van der Waals surface area contributed by atoms with E-state index in [9.17, 15) is 28.2 Å². The minimum atomic E-state index is -4.66. The van der Waals surface area contributed by atoms with Crippen molar-refractivity contribution in [3.63, 3.8) is 0 Å². The van der Waals surface area contributed by atoms with Crippen molar-refractivity contribution in [3.8, 4) is 11.6 Å². The lowest BCUT2D eigenvalue weighted by molar-refractivity contribution is -0.138. The molecule has 13 heteroatoms. The first kappa shape index (κ1) is 24.8. The second-order valence-corrected chi connectivity index (χ2v) is 9.03. The molecule has 192 valence electrons. The Hall–Kier alpha value is -3.87. The van der Waals surface area contributed by atoms with Crippen molar-refractivity contribution in [2.75, 3.05) is 17.2 Å². The molecule has 0 saturated heterocycles. The van der Waals surface area contributed by atoms with Crippen LogP contribution in [0.25, 0.3) is 11.0 Å². The van der Waals surface area contributed by atoms with E-state index in [2.05, 4.69) is 25.6 Å². The van der Waals surface area contributed by atoms with Gasteiger partial charge in [0.15, 0.2) is 0 Å². The van der Waals surface area contributed by atoms with Gasteiger partial charge in [-0.1, -0.05) is 17.7 Å². The summed E-state index contributed by atoms with van der Waals surface area (Å²) in [6.07, 6.45) is -1.80. The van der Waals surface area contributed by atoms with E-state index in [1.807, 2.05) is 0 Å². The van der Waals surface area contributed by atoms with Crippen LogP contribution in [0, 0.1) is 0 Å². The summed E-state index contributed by atoms with van der Waals surface area (Å²) >= 11 is 6.40. The Balaban J connectivity index is 1.50. The number of aliphatic hydroxyl groups is 2. The molecular formula is C24H19ClF3N5O4. The Bertz CT molecular complexity index is 1530. The molecule has 2 atom stereocenters. The Morgan fingerprint density at radius 1 is 1.22 bits per heavy atom. The number of carbonyl (C=O) groups excluding carboxylic acids is 1. The first-order valence-electron chi connectivity index (χ1n) is 10.9. The zero-order chi connectivity index (χ0) is 26.5. The predicted octanol–water partition coefficient (Wildman–Crippen LogP) is 4.62. The lowest BCUT2D eigenvalue weighted by Crippen LogP contribution is -2.53. The molecule has 0 bridgehead atoms. The van der Waals surface area contributed by atoms with Crippen LogP contribution in [0.1, 0.15) is 29.7 Å². The van der Waals surface area contributed by atoms with Gasteiger partial charge in [0.05, 0.1) is 34.6 Å². The zero-order valence-corrected chi connectivity index (χ0v) is 19.8. The summed E-state index contributed by atoms with van der Waals surface area (Å²) in [5, 5.41) is 27.2. The standard InChI is InChI=1S/C24H19ClF3N5O4/c1-23(10-34)22(36)32-16-9-31-20-17(18(16)33-23)13(8-30-20)19(35)12-5-4-11(7-15(12)25)37-21-14(24(26,27)28)3-2-6-29-21/h2-9,19,33-35H,10H2,1H3,(H,30,31)(H,32,36). The van der Waals surface area contributed by atoms with Gasteiger partial charge in [-0.3, -0.25) is 4.79 Å². The van der Waals surface area contributed by atoms with Gasteiger partial charge < -0.3 is 30.6 Å². The van der Waals surface area contributed by atoms with Gasteiger partial charge in [-0.05, 0) is 31.2 Å². The number of fused-ring (bicyclic) bond motifs is 3. The summed E-state index contributed by atoms with van der Waals surface area (Å²) in [6, 6.07) is 6.07. The molecule has 0 radical (unpaired) electrons. The second kappa shape index (κ2) is 8.91. The molecule has 1 amide bonds. The van der Waals surface area contributed by atoms with Crippen molar-refractivity contribution in [2.24, 2.45) is 0 Å². The highest BCUT2D eigenvalue weighted by Gasteiger charge is 2.39. The summed E-state index contributed by atoms with van der Waals surface area (Å²) in [5.41, 5.74) is -0.525. The van der Waals surface area contributed by atoms with E-state index in [1.165, 1.54) is 43.7 Å². The number of nitrogens with zero attached hydrogens (tertiary/aromatic N) is 2. The number of hydrogen-bond acceptors (Lipinski definition) is 7. The van der Waals surface area contributed by atoms with E-state index < -0.39 is 41.8 Å². The number of hydrogen-bond donors (Lipinski definition) is 5. The van der Waals surface area contributed by atoms with Crippen LogP contribution < -0.4 is 15.4 Å². The van der Waals surface area contributed by atoms with Crippen molar-refractivity contribution in [3.05, 3.63) is 70.6 Å². The normalized spacial score (nSPS) is 18.2. The number of rotatable bonds is 5. The maximum atomic E-state index is 13.3. The average Bonchev–Trinajstić information content (AvgIpc) is 3.29. The van der Waals surface area contributed by atoms with Gasteiger partial charge in [0.2, 0.25) is 5.88 Å².